The van der Waals surface area contributed by atoms with Crippen LogP contribution < -0.4 is 0 Å². The molecule has 0 amide bonds. The van der Waals surface area contributed by atoms with Crippen molar-refractivity contribution >= 4 is 117 Å². The molecule has 320 valence electrons. The van der Waals surface area contributed by atoms with Gasteiger partial charge in [0.25, 0.3) is 0 Å². The molecule has 12 aromatic carbocycles. The highest BCUT2D eigenvalue weighted by molar-refractivity contribution is 7.27. The first kappa shape index (κ1) is 39.5. The first-order valence-electron chi connectivity index (χ1n) is 23.7. The molecule has 0 aliphatic heterocycles. The van der Waals surface area contributed by atoms with Crippen LogP contribution in [0.3, 0.4) is 0 Å². The Kier molecular flexibility index (Phi) is 8.69. The molecule has 0 N–H and O–H groups in total. The summed E-state index contributed by atoms with van der Waals surface area (Å²) in [5, 5.41) is 18.1. The molecule has 0 aliphatic rings. The van der Waals surface area contributed by atoms with Gasteiger partial charge in [0.2, 0.25) is 0 Å². The van der Waals surface area contributed by atoms with Gasteiger partial charge < -0.3 is 0 Å². The smallest absolute Gasteiger partial charge is 0.0440 e. The van der Waals surface area contributed by atoms with Crippen LogP contribution in [0, 0.1) is 0 Å². The Bertz CT molecular complexity index is 4290. The van der Waals surface area contributed by atoms with Crippen molar-refractivity contribution in [3.8, 4) is 44.5 Å². The zero-order valence-electron chi connectivity index (χ0n) is 38.0. The lowest BCUT2D eigenvalue weighted by Gasteiger charge is -2.22. The summed E-state index contributed by atoms with van der Waals surface area (Å²) in [7, 11) is 0. The van der Waals surface area contributed by atoms with Crippen molar-refractivity contribution in [1.82, 2.24) is 0 Å². The standard InChI is InChI=1S/C66H44S2/c1-66(2,3)42-23-19-22-40(36-42)58-45-26-9-13-30-49(45)61(50-31-14-10-27-46(50)58)54-38-41-37-53(60-47-28-11-7-24-43(47)57(39-20-5-4-6-21-39)44-25-8-12-29-48(44)60)64-62(51-32-15-17-34-55(51)67-64)59(41)63-52-33-16-18-35-56(52)68-65(54)63/h4-38H,1-3H3. The van der Waals surface area contributed by atoms with E-state index in [2.05, 4.69) is 233 Å². The van der Waals surface area contributed by atoms with Gasteiger partial charge in [-0.2, -0.15) is 0 Å². The maximum atomic E-state index is 2.57. The normalized spacial score (nSPS) is 12.3. The summed E-state index contributed by atoms with van der Waals surface area (Å²) in [5.74, 6) is 0. The largest absolute Gasteiger partial charge is 0.135 e. The van der Waals surface area contributed by atoms with Crippen LogP contribution >= 0.6 is 22.7 Å². The molecule has 14 rings (SSSR count). The van der Waals surface area contributed by atoms with Crippen molar-refractivity contribution in [1.29, 1.82) is 0 Å². The number of hydrogen-bond donors (Lipinski definition) is 0. The van der Waals surface area contributed by atoms with Gasteiger partial charge in [-0.15, -0.1) is 22.7 Å². The molecule has 0 aliphatic carbocycles. The molecule has 0 fully saturated rings. The summed E-state index contributed by atoms with van der Waals surface area (Å²) in [5.41, 5.74) is 11.6. The van der Waals surface area contributed by atoms with Crippen molar-refractivity contribution in [3.63, 3.8) is 0 Å². The van der Waals surface area contributed by atoms with Gasteiger partial charge in [-0.05, 0) is 117 Å². The van der Waals surface area contributed by atoms with Gasteiger partial charge in [-0.3, -0.25) is 0 Å². The number of benzene rings is 12. The Labute approximate surface area is 403 Å². The van der Waals surface area contributed by atoms with Crippen LogP contribution in [-0.4, -0.2) is 0 Å². The van der Waals surface area contributed by atoms with E-state index in [1.807, 2.05) is 22.7 Å². The van der Waals surface area contributed by atoms with Crippen molar-refractivity contribution in [2.45, 2.75) is 26.2 Å². The summed E-state index contributed by atoms with van der Waals surface area (Å²) in [6, 6.07) is 80.1. The van der Waals surface area contributed by atoms with Gasteiger partial charge >= 0.3 is 0 Å². The van der Waals surface area contributed by atoms with E-state index < -0.39 is 0 Å². The zero-order chi connectivity index (χ0) is 45.3. The van der Waals surface area contributed by atoms with E-state index in [0.717, 1.165) is 0 Å². The van der Waals surface area contributed by atoms with Gasteiger partial charge in [0.05, 0.1) is 0 Å². The van der Waals surface area contributed by atoms with E-state index in [-0.39, 0.29) is 5.41 Å². The van der Waals surface area contributed by atoms with E-state index in [0.29, 0.717) is 0 Å². The third kappa shape index (κ3) is 5.78. The predicted molar refractivity (Wildman–Crippen MR) is 300 cm³/mol. The molecule has 0 saturated heterocycles. The van der Waals surface area contributed by atoms with Crippen LogP contribution in [0.25, 0.3) is 139 Å². The molecule has 0 spiro atoms. The second kappa shape index (κ2) is 14.9. The molecule has 0 nitrogen and oxygen atoms in total. The maximum absolute atomic E-state index is 2.57. The van der Waals surface area contributed by atoms with Gasteiger partial charge in [0.15, 0.2) is 0 Å². The molecule has 0 bridgehead atoms. The molecule has 2 aromatic heterocycles. The van der Waals surface area contributed by atoms with Gasteiger partial charge in [-0.1, -0.05) is 209 Å². The number of fused-ring (bicyclic) bond motifs is 13. The lowest BCUT2D eigenvalue weighted by molar-refractivity contribution is 0.590. The van der Waals surface area contributed by atoms with Crippen LogP contribution in [0.1, 0.15) is 26.3 Å². The number of thiophene rings is 2. The second-order valence-electron chi connectivity index (χ2n) is 19.4. The Morgan fingerprint density at radius 1 is 0.294 bits per heavy atom. The van der Waals surface area contributed by atoms with Crippen LogP contribution in [0.2, 0.25) is 0 Å². The Morgan fingerprint density at radius 2 is 0.647 bits per heavy atom. The predicted octanol–water partition coefficient (Wildman–Crippen LogP) is 20.2. The molecule has 0 unspecified atom stereocenters. The van der Waals surface area contributed by atoms with Crippen molar-refractivity contribution < 1.29 is 0 Å². The zero-order valence-corrected chi connectivity index (χ0v) is 39.7. The topological polar surface area (TPSA) is 0 Å². The fourth-order valence-corrected chi connectivity index (χ4v) is 14.0. The minimum atomic E-state index is 0.0278. The number of rotatable bonds is 4. The highest BCUT2D eigenvalue weighted by Crippen LogP contribution is 2.55. The molecular weight excluding hydrogens is 857 g/mol. The first-order chi connectivity index (χ1) is 33.4. The molecule has 2 heteroatoms. The van der Waals surface area contributed by atoms with Crippen molar-refractivity contribution in [2.24, 2.45) is 0 Å². The molecule has 14 aromatic rings. The summed E-state index contributed by atoms with van der Waals surface area (Å²) in [6.45, 7) is 6.93. The third-order valence-electron chi connectivity index (χ3n) is 14.5. The van der Waals surface area contributed by atoms with Gasteiger partial charge in [-0.25, -0.2) is 0 Å². The highest BCUT2D eigenvalue weighted by atomic mass is 32.1. The minimum absolute atomic E-state index is 0.0278. The van der Waals surface area contributed by atoms with Crippen molar-refractivity contribution in [2.75, 3.05) is 0 Å². The summed E-state index contributed by atoms with van der Waals surface area (Å²) in [4.78, 5) is 0. The highest BCUT2D eigenvalue weighted by Gasteiger charge is 2.26. The monoisotopic (exact) mass is 900 g/mol. The average Bonchev–Trinajstić information content (AvgIpc) is 3.97. The number of hydrogen-bond acceptors (Lipinski definition) is 2. The van der Waals surface area contributed by atoms with Crippen molar-refractivity contribution in [3.05, 3.63) is 218 Å². The molecule has 68 heavy (non-hydrogen) atoms. The van der Waals surface area contributed by atoms with Gasteiger partial charge in [0.1, 0.15) is 0 Å². The van der Waals surface area contributed by atoms with Gasteiger partial charge in [0, 0.05) is 56.9 Å². The quantitative estimate of drug-likeness (QED) is 0.154. The molecule has 2 heterocycles. The Balaban J connectivity index is 1.17. The van der Waals surface area contributed by atoms with Crippen LogP contribution in [0.5, 0.6) is 0 Å². The molecule has 0 saturated carbocycles. The Morgan fingerprint density at radius 3 is 1.07 bits per heavy atom. The third-order valence-corrected chi connectivity index (χ3v) is 17.0. The molecule has 0 radical (unpaired) electrons. The summed E-state index contributed by atoms with van der Waals surface area (Å²) >= 11 is 3.89. The van der Waals surface area contributed by atoms with Crippen LogP contribution in [0.4, 0.5) is 0 Å². The van der Waals surface area contributed by atoms with Crippen LogP contribution in [-0.2, 0) is 5.41 Å². The SMILES string of the molecule is CC(C)(C)c1cccc(-c2c3ccccc3c(-c3cc4cc(-c5c6ccccc6c(-c6ccccc6)c6ccccc56)c5sc6ccccc6c5c4c4c3sc3ccccc34)c3ccccc23)c1. The van der Waals surface area contributed by atoms with Crippen LogP contribution in [0.15, 0.2) is 212 Å². The fourth-order valence-electron chi connectivity index (χ4n) is 11.6. The lowest BCUT2D eigenvalue weighted by Crippen LogP contribution is -2.10. The average molecular weight is 901 g/mol. The summed E-state index contributed by atoms with van der Waals surface area (Å²) < 4.78 is 5.30. The second-order valence-corrected chi connectivity index (χ2v) is 21.5. The van der Waals surface area contributed by atoms with E-state index in [4.69, 9.17) is 0 Å². The lowest BCUT2D eigenvalue weighted by atomic mass is 9.82. The molecular formula is C66H44S2. The Hall–Kier alpha value is -7.62. The van der Waals surface area contributed by atoms with E-state index in [1.54, 1.807) is 0 Å². The fraction of sp³-hybridized carbons (Fsp3) is 0.0606. The maximum Gasteiger partial charge on any atom is 0.0440 e. The van der Waals surface area contributed by atoms with E-state index in [1.165, 1.54) is 144 Å². The summed E-state index contributed by atoms with van der Waals surface area (Å²) in [6.07, 6.45) is 0. The molecule has 0 atom stereocenters. The first-order valence-corrected chi connectivity index (χ1v) is 25.3. The van der Waals surface area contributed by atoms with E-state index in [9.17, 15) is 0 Å². The van der Waals surface area contributed by atoms with E-state index >= 15 is 0 Å². The minimum Gasteiger partial charge on any atom is -0.135 e.